The third-order valence-electron chi connectivity index (χ3n) is 3.72. The van der Waals surface area contributed by atoms with Crippen LogP contribution in [-0.2, 0) is 0 Å². The smallest absolute Gasteiger partial charge is 0.137 e. The molecule has 2 heterocycles. The minimum atomic E-state index is 0.978. The Labute approximate surface area is 108 Å². The minimum absolute atomic E-state index is 0.978. The Morgan fingerprint density at radius 1 is 1.17 bits per heavy atom. The van der Waals surface area contributed by atoms with Gasteiger partial charge >= 0.3 is 0 Å². The number of hydrogen-bond acceptors (Lipinski definition) is 2. The maximum absolute atomic E-state index is 4.57. The van der Waals surface area contributed by atoms with Crippen molar-refractivity contribution in [2.75, 3.05) is 18.0 Å². The van der Waals surface area contributed by atoms with Gasteiger partial charge in [0.15, 0.2) is 0 Å². The molecular formula is C15H19N3. The van der Waals surface area contributed by atoms with Crippen molar-refractivity contribution in [3.63, 3.8) is 0 Å². The van der Waals surface area contributed by atoms with Crippen molar-refractivity contribution in [3.05, 3.63) is 35.7 Å². The summed E-state index contributed by atoms with van der Waals surface area (Å²) in [6.07, 6.45) is 2.62. The number of nitrogens with one attached hydrogen (secondary N) is 1. The second-order valence-corrected chi connectivity index (χ2v) is 5.04. The first-order valence-electron chi connectivity index (χ1n) is 6.62. The van der Waals surface area contributed by atoms with Gasteiger partial charge < -0.3 is 9.88 Å². The quantitative estimate of drug-likeness (QED) is 0.875. The monoisotopic (exact) mass is 241 g/mol. The Morgan fingerprint density at radius 2 is 1.94 bits per heavy atom. The molecule has 1 N–H and O–H groups in total. The van der Waals surface area contributed by atoms with Crippen LogP contribution in [0.2, 0.25) is 0 Å². The third-order valence-corrected chi connectivity index (χ3v) is 3.72. The van der Waals surface area contributed by atoms with E-state index in [1.165, 1.54) is 37.2 Å². The van der Waals surface area contributed by atoms with Crippen molar-refractivity contribution in [2.24, 2.45) is 0 Å². The summed E-state index contributed by atoms with van der Waals surface area (Å²) < 4.78 is 0. The van der Waals surface area contributed by atoms with Gasteiger partial charge in [-0.25, -0.2) is 4.98 Å². The molecule has 3 rings (SSSR count). The lowest BCUT2D eigenvalue weighted by Gasteiger charge is -2.17. The van der Waals surface area contributed by atoms with Gasteiger partial charge in [-0.3, -0.25) is 0 Å². The van der Waals surface area contributed by atoms with Crippen LogP contribution >= 0.6 is 0 Å². The average molecular weight is 241 g/mol. The van der Waals surface area contributed by atoms with Crippen molar-refractivity contribution >= 4 is 5.69 Å². The summed E-state index contributed by atoms with van der Waals surface area (Å²) in [6, 6.07) is 8.67. The van der Waals surface area contributed by atoms with Crippen LogP contribution in [-0.4, -0.2) is 23.1 Å². The van der Waals surface area contributed by atoms with E-state index < -0.39 is 0 Å². The molecule has 0 radical (unpaired) electrons. The van der Waals surface area contributed by atoms with Gasteiger partial charge in [-0.1, -0.05) is 12.1 Å². The summed E-state index contributed by atoms with van der Waals surface area (Å²) in [7, 11) is 0. The fourth-order valence-electron chi connectivity index (χ4n) is 2.51. The summed E-state index contributed by atoms with van der Waals surface area (Å²) in [6.45, 7) is 6.47. The molecule has 1 aromatic heterocycles. The van der Waals surface area contributed by atoms with Crippen LogP contribution in [0, 0.1) is 13.8 Å². The van der Waals surface area contributed by atoms with Gasteiger partial charge in [-0.2, -0.15) is 0 Å². The van der Waals surface area contributed by atoms with E-state index in [4.69, 9.17) is 0 Å². The highest BCUT2D eigenvalue weighted by molar-refractivity contribution is 5.64. The minimum Gasteiger partial charge on any atom is -0.372 e. The van der Waals surface area contributed by atoms with E-state index in [9.17, 15) is 0 Å². The van der Waals surface area contributed by atoms with E-state index in [1.54, 1.807) is 0 Å². The topological polar surface area (TPSA) is 31.9 Å². The lowest BCUT2D eigenvalue weighted by atomic mass is 10.2. The Hall–Kier alpha value is -1.77. The molecule has 0 aliphatic carbocycles. The first-order chi connectivity index (χ1) is 8.74. The molecule has 1 aromatic carbocycles. The molecule has 0 unspecified atom stereocenters. The lowest BCUT2D eigenvalue weighted by molar-refractivity contribution is 0.949. The fourth-order valence-corrected chi connectivity index (χ4v) is 2.51. The van der Waals surface area contributed by atoms with Crippen LogP contribution in [0.3, 0.4) is 0 Å². The maximum Gasteiger partial charge on any atom is 0.137 e. The molecule has 3 nitrogen and oxygen atoms in total. The molecule has 0 atom stereocenters. The van der Waals surface area contributed by atoms with Crippen molar-refractivity contribution in [3.8, 4) is 11.4 Å². The standard InChI is InChI=1S/C15H19N3/c1-11-12(2)17-15(16-11)13-6-5-7-14(10-13)18-8-3-4-9-18/h5-7,10H,3-4,8-9H2,1-2H3,(H,16,17). The van der Waals surface area contributed by atoms with Crippen LogP contribution in [0.25, 0.3) is 11.4 Å². The highest BCUT2D eigenvalue weighted by Gasteiger charge is 2.13. The van der Waals surface area contributed by atoms with Gasteiger partial charge in [0, 0.05) is 30.0 Å². The molecule has 3 heteroatoms. The number of hydrogen-bond donors (Lipinski definition) is 1. The molecular weight excluding hydrogens is 222 g/mol. The molecule has 1 aliphatic heterocycles. The zero-order chi connectivity index (χ0) is 12.5. The second kappa shape index (κ2) is 4.48. The van der Waals surface area contributed by atoms with Crippen molar-refractivity contribution < 1.29 is 0 Å². The Balaban J connectivity index is 1.95. The Morgan fingerprint density at radius 3 is 2.61 bits per heavy atom. The molecule has 0 amide bonds. The maximum atomic E-state index is 4.57. The van der Waals surface area contributed by atoms with Gasteiger partial charge in [0.25, 0.3) is 0 Å². The number of benzene rings is 1. The van der Waals surface area contributed by atoms with E-state index >= 15 is 0 Å². The number of aryl methyl sites for hydroxylation is 2. The van der Waals surface area contributed by atoms with Crippen molar-refractivity contribution in [1.82, 2.24) is 9.97 Å². The van der Waals surface area contributed by atoms with Gasteiger partial charge in [0.2, 0.25) is 0 Å². The molecule has 1 aliphatic rings. The predicted molar refractivity (Wildman–Crippen MR) is 74.9 cm³/mol. The third kappa shape index (κ3) is 2.01. The van der Waals surface area contributed by atoms with E-state index in [0.717, 1.165) is 17.2 Å². The number of nitrogens with zero attached hydrogens (tertiary/aromatic N) is 2. The van der Waals surface area contributed by atoms with Crippen LogP contribution in [0.5, 0.6) is 0 Å². The van der Waals surface area contributed by atoms with Crippen LogP contribution in [0.15, 0.2) is 24.3 Å². The number of aromatic nitrogens is 2. The average Bonchev–Trinajstić information content (AvgIpc) is 3.01. The van der Waals surface area contributed by atoms with Crippen LogP contribution in [0.1, 0.15) is 24.2 Å². The normalized spacial score (nSPS) is 15.3. The molecule has 2 aromatic rings. The molecule has 0 saturated carbocycles. The Kier molecular flexibility index (Phi) is 2.82. The van der Waals surface area contributed by atoms with Crippen molar-refractivity contribution in [2.45, 2.75) is 26.7 Å². The molecule has 1 fully saturated rings. The zero-order valence-electron chi connectivity index (χ0n) is 11.0. The van der Waals surface area contributed by atoms with E-state index in [1.807, 2.05) is 6.92 Å². The molecule has 18 heavy (non-hydrogen) atoms. The molecule has 0 spiro atoms. The summed E-state index contributed by atoms with van der Waals surface area (Å²) in [5.41, 5.74) is 4.72. The summed E-state index contributed by atoms with van der Waals surface area (Å²) in [4.78, 5) is 10.4. The summed E-state index contributed by atoms with van der Waals surface area (Å²) in [5, 5.41) is 0. The summed E-state index contributed by atoms with van der Waals surface area (Å²) >= 11 is 0. The van der Waals surface area contributed by atoms with Crippen LogP contribution < -0.4 is 4.90 Å². The van der Waals surface area contributed by atoms with Gasteiger partial charge in [-0.15, -0.1) is 0 Å². The number of anilines is 1. The Bertz CT molecular complexity index is 531. The number of H-pyrrole nitrogens is 1. The van der Waals surface area contributed by atoms with E-state index in [-0.39, 0.29) is 0 Å². The predicted octanol–water partition coefficient (Wildman–Crippen LogP) is 3.29. The highest BCUT2D eigenvalue weighted by Crippen LogP contribution is 2.25. The van der Waals surface area contributed by atoms with Gasteiger partial charge in [0.1, 0.15) is 5.82 Å². The largest absolute Gasteiger partial charge is 0.372 e. The van der Waals surface area contributed by atoms with Gasteiger partial charge in [0.05, 0.1) is 5.69 Å². The van der Waals surface area contributed by atoms with Crippen LogP contribution in [0.4, 0.5) is 5.69 Å². The first kappa shape index (κ1) is 11.3. The zero-order valence-corrected chi connectivity index (χ0v) is 11.0. The second-order valence-electron chi connectivity index (χ2n) is 5.04. The van der Waals surface area contributed by atoms with Gasteiger partial charge in [-0.05, 0) is 38.8 Å². The highest BCUT2D eigenvalue weighted by atomic mass is 15.1. The number of aromatic amines is 1. The lowest BCUT2D eigenvalue weighted by Crippen LogP contribution is -2.17. The number of imidazole rings is 1. The van der Waals surface area contributed by atoms with Crippen molar-refractivity contribution in [1.29, 1.82) is 0 Å². The summed E-state index contributed by atoms with van der Waals surface area (Å²) in [5.74, 6) is 0.978. The molecule has 0 bridgehead atoms. The van der Waals surface area contributed by atoms with E-state index in [0.29, 0.717) is 0 Å². The SMILES string of the molecule is Cc1nc(-c2cccc(N3CCCC3)c2)[nH]c1C. The number of rotatable bonds is 2. The fraction of sp³-hybridized carbons (Fsp3) is 0.400. The molecule has 94 valence electrons. The van der Waals surface area contributed by atoms with E-state index in [2.05, 4.69) is 46.1 Å². The first-order valence-corrected chi connectivity index (χ1v) is 6.62. The molecule has 1 saturated heterocycles.